The molecule has 0 spiro atoms. The maximum atomic E-state index is 13.4. The summed E-state index contributed by atoms with van der Waals surface area (Å²) in [6.45, 7) is 2.47. The van der Waals surface area contributed by atoms with Gasteiger partial charge in [-0.1, -0.05) is 30.3 Å². The Hall–Kier alpha value is -3.27. The fourth-order valence-corrected chi connectivity index (χ4v) is 3.69. The van der Waals surface area contributed by atoms with Crippen LogP contribution >= 0.6 is 11.8 Å². The van der Waals surface area contributed by atoms with Crippen LogP contribution in [0, 0.1) is 0 Å². The first-order valence-electron chi connectivity index (χ1n) is 8.99. The summed E-state index contributed by atoms with van der Waals surface area (Å²) >= 11 is 1.02. The van der Waals surface area contributed by atoms with Gasteiger partial charge in [0.1, 0.15) is 10.7 Å². The minimum absolute atomic E-state index is 0.0272. The summed E-state index contributed by atoms with van der Waals surface area (Å²) in [6.07, 6.45) is -1.65. The first kappa shape index (κ1) is 20.0. The largest absolute Gasteiger partial charge is 0.433 e. The number of pyridine rings is 1. The smallest absolute Gasteiger partial charge is 0.302 e. The Labute approximate surface area is 174 Å². The summed E-state index contributed by atoms with van der Waals surface area (Å²) in [6, 6.07) is 13.5. The number of alkyl halides is 3. The summed E-state index contributed by atoms with van der Waals surface area (Å²) in [5, 5.41) is 8.98. The van der Waals surface area contributed by atoms with Crippen molar-refractivity contribution in [2.75, 3.05) is 0 Å². The van der Waals surface area contributed by atoms with E-state index in [-0.39, 0.29) is 10.9 Å². The average Bonchev–Trinajstić information content (AvgIpc) is 3.16. The van der Waals surface area contributed by atoms with Gasteiger partial charge >= 0.3 is 6.18 Å². The molecule has 152 valence electrons. The van der Waals surface area contributed by atoms with Gasteiger partial charge in [-0.3, -0.25) is 4.98 Å². The zero-order chi connectivity index (χ0) is 21.1. The van der Waals surface area contributed by atoms with Gasteiger partial charge in [-0.15, -0.1) is 10.2 Å². The van der Waals surface area contributed by atoms with Gasteiger partial charge in [0.05, 0.1) is 0 Å². The van der Waals surface area contributed by atoms with E-state index < -0.39 is 11.9 Å². The van der Waals surface area contributed by atoms with Gasteiger partial charge in [-0.25, -0.2) is 9.97 Å². The lowest BCUT2D eigenvalue weighted by Crippen LogP contribution is -2.10. The van der Waals surface area contributed by atoms with Crippen LogP contribution in [0.5, 0.6) is 0 Å². The molecule has 3 heterocycles. The maximum Gasteiger partial charge on any atom is 0.433 e. The van der Waals surface area contributed by atoms with E-state index in [1.807, 2.05) is 41.8 Å². The van der Waals surface area contributed by atoms with E-state index in [0.29, 0.717) is 23.1 Å². The SMILES string of the molecule is CCn1c(Sc2cc(C(F)(F)F)nc(-c3ccncc3)n2)nnc1-c1ccccc1. The van der Waals surface area contributed by atoms with E-state index in [1.54, 1.807) is 12.1 Å². The molecule has 1 aromatic carbocycles. The third-order valence-electron chi connectivity index (χ3n) is 4.19. The highest BCUT2D eigenvalue weighted by molar-refractivity contribution is 7.99. The monoisotopic (exact) mass is 428 g/mol. The van der Waals surface area contributed by atoms with Crippen LogP contribution in [0.2, 0.25) is 0 Å². The Morgan fingerprint density at radius 2 is 1.67 bits per heavy atom. The van der Waals surface area contributed by atoms with Crippen LogP contribution in [0.4, 0.5) is 13.2 Å². The third kappa shape index (κ3) is 4.18. The van der Waals surface area contributed by atoms with Crippen molar-refractivity contribution in [3.63, 3.8) is 0 Å². The Balaban J connectivity index is 1.76. The lowest BCUT2D eigenvalue weighted by molar-refractivity contribution is -0.141. The summed E-state index contributed by atoms with van der Waals surface area (Å²) in [5.41, 5.74) is 0.299. The van der Waals surface area contributed by atoms with E-state index in [2.05, 4.69) is 25.1 Å². The molecule has 4 rings (SSSR count). The zero-order valence-corrected chi connectivity index (χ0v) is 16.5. The molecule has 30 heavy (non-hydrogen) atoms. The van der Waals surface area contributed by atoms with Crippen LogP contribution in [-0.4, -0.2) is 29.7 Å². The first-order chi connectivity index (χ1) is 14.5. The normalized spacial score (nSPS) is 11.6. The quantitative estimate of drug-likeness (QED) is 0.417. The van der Waals surface area contributed by atoms with Gasteiger partial charge in [0.25, 0.3) is 0 Å². The fourth-order valence-electron chi connectivity index (χ4n) is 2.80. The molecule has 0 atom stereocenters. The number of hydrogen-bond acceptors (Lipinski definition) is 6. The Morgan fingerprint density at radius 1 is 0.933 bits per heavy atom. The van der Waals surface area contributed by atoms with Gasteiger partial charge < -0.3 is 4.57 Å². The highest BCUT2D eigenvalue weighted by atomic mass is 32.2. The average molecular weight is 428 g/mol. The topological polar surface area (TPSA) is 69.4 Å². The lowest BCUT2D eigenvalue weighted by atomic mass is 10.2. The van der Waals surface area contributed by atoms with Crippen LogP contribution in [-0.2, 0) is 12.7 Å². The first-order valence-corrected chi connectivity index (χ1v) is 9.80. The van der Waals surface area contributed by atoms with Crippen molar-refractivity contribution in [3.05, 3.63) is 66.6 Å². The molecule has 0 radical (unpaired) electrons. The molecular formula is C20H15F3N6S. The zero-order valence-electron chi connectivity index (χ0n) is 15.7. The predicted molar refractivity (Wildman–Crippen MR) is 106 cm³/mol. The van der Waals surface area contributed by atoms with E-state index in [9.17, 15) is 13.2 Å². The Bertz CT molecular complexity index is 1150. The predicted octanol–water partition coefficient (Wildman–Crippen LogP) is 4.99. The van der Waals surface area contributed by atoms with Gasteiger partial charge in [-0.05, 0) is 30.8 Å². The highest BCUT2D eigenvalue weighted by Crippen LogP contribution is 2.34. The fraction of sp³-hybridized carbons (Fsp3) is 0.150. The molecular weight excluding hydrogens is 413 g/mol. The van der Waals surface area contributed by atoms with Crippen molar-refractivity contribution >= 4 is 11.8 Å². The molecule has 0 aliphatic rings. The van der Waals surface area contributed by atoms with Gasteiger partial charge in [0, 0.05) is 36.1 Å². The standard InChI is InChI=1S/C20H15F3N6S/c1-2-29-18(14-6-4-3-5-7-14)27-28-19(29)30-16-12-15(20(21,22)23)25-17(26-16)13-8-10-24-11-9-13/h3-12H,2H2,1H3. The molecule has 0 N–H and O–H groups in total. The minimum atomic E-state index is -4.60. The minimum Gasteiger partial charge on any atom is -0.302 e. The Morgan fingerprint density at radius 3 is 2.33 bits per heavy atom. The van der Waals surface area contributed by atoms with Crippen molar-refractivity contribution in [1.29, 1.82) is 0 Å². The second kappa shape index (κ2) is 8.23. The molecule has 0 bridgehead atoms. The highest BCUT2D eigenvalue weighted by Gasteiger charge is 2.34. The van der Waals surface area contributed by atoms with Gasteiger partial charge in [0.2, 0.25) is 0 Å². The molecule has 0 unspecified atom stereocenters. The van der Waals surface area contributed by atoms with E-state index in [1.165, 1.54) is 12.4 Å². The number of halogens is 3. The summed E-state index contributed by atoms with van der Waals surface area (Å²) < 4.78 is 42.1. The van der Waals surface area contributed by atoms with Gasteiger partial charge in [0.15, 0.2) is 16.8 Å². The number of nitrogens with zero attached hydrogens (tertiary/aromatic N) is 6. The van der Waals surface area contributed by atoms with Crippen LogP contribution in [0.25, 0.3) is 22.8 Å². The van der Waals surface area contributed by atoms with Crippen molar-refractivity contribution in [2.45, 2.75) is 29.8 Å². The van der Waals surface area contributed by atoms with Crippen LogP contribution in [0.15, 0.2) is 71.1 Å². The molecule has 0 amide bonds. The molecule has 0 aliphatic heterocycles. The van der Waals surface area contributed by atoms with Crippen LogP contribution in [0.3, 0.4) is 0 Å². The van der Waals surface area contributed by atoms with Crippen molar-refractivity contribution < 1.29 is 13.2 Å². The molecule has 6 nitrogen and oxygen atoms in total. The maximum absolute atomic E-state index is 13.4. The molecule has 0 saturated carbocycles. The third-order valence-corrected chi connectivity index (χ3v) is 5.10. The molecule has 3 aromatic heterocycles. The van der Waals surface area contributed by atoms with Crippen molar-refractivity contribution in [2.24, 2.45) is 0 Å². The van der Waals surface area contributed by atoms with Crippen LogP contribution in [0.1, 0.15) is 12.6 Å². The van der Waals surface area contributed by atoms with Crippen LogP contribution < -0.4 is 0 Å². The molecule has 0 saturated heterocycles. The van der Waals surface area contributed by atoms with Crippen molar-refractivity contribution in [1.82, 2.24) is 29.7 Å². The Kier molecular flexibility index (Phi) is 5.49. The number of rotatable bonds is 5. The number of hydrogen-bond donors (Lipinski definition) is 0. The molecule has 0 fully saturated rings. The second-order valence-electron chi connectivity index (χ2n) is 6.17. The number of aromatic nitrogens is 6. The molecule has 0 aliphatic carbocycles. The van der Waals surface area contributed by atoms with E-state index in [4.69, 9.17) is 0 Å². The summed E-state index contributed by atoms with van der Waals surface area (Å²) in [4.78, 5) is 11.9. The van der Waals surface area contributed by atoms with E-state index in [0.717, 1.165) is 23.4 Å². The lowest BCUT2D eigenvalue weighted by Gasteiger charge is -2.11. The molecule has 4 aromatic rings. The molecule has 10 heteroatoms. The van der Waals surface area contributed by atoms with Crippen molar-refractivity contribution in [3.8, 4) is 22.8 Å². The summed E-state index contributed by atoms with van der Waals surface area (Å²) in [7, 11) is 0. The number of benzene rings is 1. The summed E-state index contributed by atoms with van der Waals surface area (Å²) in [5.74, 6) is 0.612. The van der Waals surface area contributed by atoms with Gasteiger partial charge in [-0.2, -0.15) is 13.2 Å². The second-order valence-corrected chi connectivity index (χ2v) is 7.15. The van der Waals surface area contributed by atoms with E-state index >= 15 is 0 Å².